The maximum absolute atomic E-state index is 12.4. The van der Waals surface area contributed by atoms with Crippen LogP contribution in [0.3, 0.4) is 0 Å². The van der Waals surface area contributed by atoms with E-state index in [2.05, 4.69) is 50.0 Å². The van der Waals surface area contributed by atoms with Crippen LogP contribution in [0.25, 0.3) is 0 Å². The summed E-state index contributed by atoms with van der Waals surface area (Å²) in [5.74, 6) is 6.55. The van der Waals surface area contributed by atoms with Gasteiger partial charge in [-0.05, 0) is 85.3 Å². The lowest BCUT2D eigenvalue weighted by atomic mass is 10.1. The third-order valence-corrected chi connectivity index (χ3v) is 5.20. The summed E-state index contributed by atoms with van der Waals surface area (Å²) >= 11 is 0. The average Bonchev–Trinajstić information content (AvgIpc) is 2.82. The van der Waals surface area contributed by atoms with Gasteiger partial charge in [0.05, 0.1) is 5.56 Å². The predicted octanol–water partition coefficient (Wildman–Crippen LogP) is 6.99. The topological polar surface area (TPSA) is 26.3 Å². The number of benzene rings is 3. The highest BCUT2D eigenvalue weighted by Crippen LogP contribution is 2.16. The molecule has 0 unspecified atom stereocenters. The van der Waals surface area contributed by atoms with Crippen molar-refractivity contribution in [2.24, 2.45) is 0 Å². The van der Waals surface area contributed by atoms with Gasteiger partial charge in [-0.25, -0.2) is 4.79 Å². The molecule has 158 valence electrons. The third kappa shape index (κ3) is 7.15. The first-order chi connectivity index (χ1) is 15.2. The van der Waals surface area contributed by atoms with Crippen LogP contribution in [0.1, 0.15) is 72.1 Å². The van der Waals surface area contributed by atoms with Gasteiger partial charge in [0.2, 0.25) is 0 Å². The lowest BCUT2D eigenvalue weighted by molar-refractivity contribution is 0.0734. The van der Waals surface area contributed by atoms with Crippen molar-refractivity contribution in [1.82, 2.24) is 0 Å². The summed E-state index contributed by atoms with van der Waals surface area (Å²) < 4.78 is 5.49. The Morgan fingerprint density at radius 1 is 0.677 bits per heavy atom. The summed E-state index contributed by atoms with van der Waals surface area (Å²) in [6.45, 7) is 4.38. The Kier molecular flexibility index (Phi) is 8.49. The van der Waals surface area contributed by atoms with E-state index in [4.69, 9.17) is 4.74 Å². The second-order valence-corrected chi connectivity index (χ2v) is 7.76. The van der Waals surface area contributed by atoms with Crippen LogP contribution < -0.4 is 4.74 Å². The number of carbonyl (C=O) groups is 1. The van der Waals surface area contributed by atoms with E-state index in [-0.39, 0.29) is 5.97 Å². The van der Waals surface area contributed by atoms with E-state index >= 15 is 0 Å². The summed E-state index contributed by atoms with van der Waals surface area (Å²) in [7, 11) is 0. The SMILES string of the molecule is CCCCc1ccc(C#Cc2ccc(C(=O)Oc3ccc(CCCC)cc3)cc2)cc1. The molecule has 0 amide bonds. The molecule has 2 heteroatoms. The summed E-state index contributed by atoms with van der Waals surface area (Å²) in [6, 6.07) is 23.4. The normalized spacial score (nSPS) is 10.3. The van der Waals surface area contributed by atoms with Crippen molar-refractivity contribution in [1.29, 1.82) is 0 Å². The Morgan fingerprint density at radius 2 is 1.13 bits per heavy atom. The Morgan fingerprint density at radius 3 is 1.61 bits per heavy atom. The second kappa shape index (κ2) is 11.8. The van der Waals surface area contributed by atoms with E-state index in [1.165, 1.54) is 36.8 Å². The summed E-state index contributed by atoms with van der Waals surface area (Å²) in [4.78, 5) is 12.4. The first kappa shape index (κ1) is 22.4. The molecule has 0 aliphatic rings. The van der Waals surface area contributed by atoms with E-state index in [1.54, 1.807) is 12.1 Å². The zero-order valence-electron chi connectivity index (χ0n) is 18.5. The molecule has 0 atom stereocenters. The molecule has 0 saturated carbocycles. The number of ether oxygens (including phenoxy) is 1. The van der Waals surface area contributed by atoms with Crippen molar-refractivity contribution in [3.05, 3.63) is 101 Å². The molecule has 0 aliphatic heterocycles. The van der Waals surface area contributed by atoms with E-state index in [0.29, 0.717) is 11.3 Å². The van der Waals surface area contributed by atoms with Crippen LogP contribution in [-0.4, -0.2) is 5.97 Å². The minimum Gasteiger partial charge on any atom is -0.423 e. The van der Waals surface area contributed by atoms with Crippen LogP contribution in [0.2, 0.25) is 0 Å². The Hall–Kier alpha value is -3.31. The predicted molar refractivity (Wildman–Crippen MR) is 127 cm³/mol. The molecule has 2 nitrogen and oxygen atoms in total. The van der Waals surface area contributed by atoms with Gasteiger partial charge >= 0.3 is 5.97 Å². The van der Waals surface area contributed by atoms with Crippen LogP contribution in [0.5, 0.6) is 5.75 Å². The van der Waals surface area contributed by atoms with Gasteiger partial charge < -0.3 is 4.74 Å². The van der Waals surface area contributed by atoms with Gasteiger partial charge in [-0.2, -0.15) is 0 Å². The molecule has 0 aromatic heterocycles. The van der Waals surface area contributed by atoms with Crippen LogP contribution in [0, 0.1) is 11.8 Å². The fourth-order valence-corrected chi connectivity index (χ4v) is 3.24. The lowest BCUT2D eigenvalue weighted by Crippen LogP contribution is -2.08. The minimum atomic E-state index is -0.358. The number of carbonyl (C=O) groups excluding carboxylic acids is 1. The molecule has 0 heterocycles. The van der Waals surface area contributed by atoms with Crippen molar-refractivity contribution in [2.45, 2.75) is 52.4 Å². The van der Waals surface area contributed by atoms with E-state index in [9.17, 15) is 4.79 Å². The molecule has 3 rings (SSSR count). The number of hydrogen-bond donors (Lipinski definition) is 0. The third-order valence-electron chi connectivity index (χ3n) is 5.20. The summed E-state index contributed by atoms with van der Waals surface area (Å²) in [5, 5.41) is 0. The van der Waals surface area contributed by atoms with Gasteiger partial charge in [-0.3, -0.25) is 0 Å². The molecular weight excluding hydrogens is 380 g/mol. The number of hydrogen-bond acceptors (Lipinski definition) is 2. The fourth-order valence-electron chi connectivity index (χ4n) is 3.24. The molecule has 31 heavy (non-hydrogen) atoms. The largest absolute Gasteiger partial charge is 0.423 e. The monoisotopic (exact) mass is 410 g/mol. The number of aryl methyl sites for hydroxylation is 2. The van der Waals surface area contributed by atoms with Crippen molar-refractivity contribution in [3.63, 3.8) is 0 Å². The molecule has 3 aromatic carbocycles. The zero-order valence-corrected chi connectivity index (χ0v) is 18.5. The maximum Gasteiger partial charge on any atom is 0.343 e. The number of unbranched alkanes of at least 4 members (excludes halogenated alkanes) is 2. The van der Waals surface area contributed by atoms with Crippen molar-refractivity contribution in [3.8, 4) is 17.6 Å². The van der Waals surface area contributed by atoms with Gasteiger partial charge in [0.25, 0.3) is 0 Å². The number of esters is 1. The van der Waals surface area contributed by atoms with E-state index in [1.807, 2.05) is 36.4 Å². The summed E-state index contributed by atoms with van der Waals surface area (Å²) in [5.41, 5.74) is 4.99. The molecule has 0 N–H and O–H groups in total. The molecule has 0 bridgehead atoms. The van der Waals surface area contributed by atoms with Crippen LogP contribution in [-0.2, 0) is 12.8 Å². The molecular formula is C29H30O2. The second-order valence-electron chi connectivity index (χ2n) is 7.76. The highest BCUT2D eigenvalue weighted by atomic mass is 16.5. The van der Waals surface area contributed by atoms with Crippen molar-refractivity contribution < 1.29 is 9.53 Å². The van der Waals surface area contributed by atoms with E-state index in [0.717, 1.165) is 24.0 Å². The first-order valence-electron chi connectivity index (χ1n) is 11.2. The molecule has 0 aliphatic carbocycles. The van der Waals surface area contributed by atoms with Crippen LogP contribution in [0.4, 0.5) is 0 Å². The Balaban J connectivity index is 1.57. The van der Waals surface area contributed by atoms with Crippen LogP contribution >= 0.6 is 0 Å². The highest BCUT2D eigenvalue weighted by molar-refractivity contribution is 5.91. The van der Waals surface area contributed by atoms with Gasteiger partial charge in [-0.1, -0.05) is 62.8 Å². The van der Waals surface area contributed by atoms with E-state index < -0.39 is 0 Å². The molecule has 0 spiro atoms. The molecule has 0 saturated heterocycles. The minimum absolute atomic E-state index is 0.358. The smallest absolute Gasteiger partial charge is 0.343 e. The maximum atomic E-state index is 12.4. The van der Waals surface area contributed by atoms with Gasteiger partial charge in [0.1, 0.15) is 5.75 Å². The number of rotatable bonds is 8. The quantitative estimate of drug-likeness (QED) is 0.227. The van der Waals surface area contributed by atoms with Gasteiger partial charge in [0.15, 0.2) is 0 Å². The first-order valence-corrected chi connectivity index (χ1v) is 11.2. The zero-order chi connectivity index (χ0) is 21.9. The molecule has 0 radical (unpaired) electrons. The summed E-state index contributed by atoms with van der Waals surface area (Å²) in [6.07, 6.45) is 6.92. The Bertz CT molecular complexity index is 1020. The molecule has 0 fully saturated rings. The molecule has 3 aromatic rings. The highest BCUT2D eigenvalue weighted by Gasteiger charge is 2.08. The fraction of sp³-hybridized carbons (Fsp3) is 0.276. The van der Waals surface area contributed by atoms with Gasteiger partial charge in [-0.15, -0.1) is 0 Å². The van der Waals surface area contributed by atoms with Crippen molar-refractivity contribution >= 4 is 5.97 Å². The standard InChI is InChI=1S/C29H30O2/c1-3-5-7-23-9-11-25(12-10-23)13-14-26-15-19-27(20-16-26)29(30)31-28-21-17-24(18-22-28)8-6-4-2/h9-12,15-22H,3-8H2,1-2H3. The van der Waals surface area contributed by atoms with Crippen LogP contribution in [0.15, 0.2) is 72.8 Å². The average molecular weight is 411 g/mol. The Labute approximate surface area is 186 Å². The lowest BCUT2D eigenvalue weighted by Gasteiger charge is -2.06. The van der Waals surface area contributed by atoms with Gasteiger partial charge in [0, 0.05) is 11.1 Å². The van der Waals surface area contributed by atoms with Crippen molar-refractivity contribution in [2.75, 3.05) is 0 Å².